The number of fused-ring (bicyclic) bond motifs is 1. The molecular formula is C16H13ClN4OS2. The minimum absolute atomic E-state index is 0.119. The summed E-state index contributed by atoms with van der Waals surface area (Å²) < 4.78 is 1.85. The monoisotopic (exact) mass is 376 g/mol. The van der Waals surface area contributed by atoms with Crippen molar-refractivity contribution in [3.63, 3.8) is 0 Å². The zero-order chi connectivity index (χ0) is 16.7. The van der Waals surface area contributed by atoms with Gasteiger partial charge in [-0.15, -0.1) is 11.3 Å². The summed E-state index contributed by atoms with van der Waals surface area (Å²) >= 11 is 8.95. The van der Waals surface area contributed by atoms with Gasteiger partial charge in [-0.05, 0) is 37.3 Å². The van der Waals surface area contributed by atoms with Crippen molar-refractivity contribution in [1.29, 1.82) is 0 Å². The third-order valence-corrected chi connectivity index (χ3v) is 5.90. The maximum absolute atomic E-state index is 12.4. The first-order valence-corrected chi connectivity index (χ1v) is 9.53. The lowest BCUT2D eigenvalue weighted by Crippen LogP contribution is -2.26. The maximum Gasteiger partial charge on any atom is 0.267 e. The average molecular weight is 377 g/mol. The molecule has 0 spiro atoms. The van der Waals surface area contributed by atoms with Crippen LogP contribution in [0, 0.1) is 6.92 Å². The van der Waals surface area contributed by atoms with E-state index in [4.69, 9.17) is 11.6 Å². The largest absolute Gasteiger partial charge is 0.301 e. The van der Waals surface area contributed by atoms with Crippen LogP contribution in [-0.4, -0.2) is 33.2 Å². The van der Waals surface area contributed by atoms with Crippen molar-refractivity contribution in [2.24, 2.45) is 4.99 Å². The van der Waals surface area contributed by atoms with Crippen molar-refractivity contribution in [3.8, 4) is 5.69 Å². The van der Waals surface area contributed by atoms with Crippen LogP contribution in [0.25, 0.3) is 15.9 Å². The summed E-state index contributed by atoms with van der Waals surface area (Å²) in [6.07, 6.45) is 0. The van der Waals surface area contributed by atoms with Crippen molar-refractivity contribution >= 4 is 56.0 Å². The second-order valence-corrected chi connectivity index (χ2v) is 7.84. The van der Waals surface area contributed by atoms with Gasteiger partial charge in [0.15, 0.2) is 5.17 Å². The zero-order valence-electron chi connectivity index (χ0n) is 12.7. The highest BCUT2D eigenvalue weighted by atomic mass is 35.5. The molecule has 0 fully saturated rings. The van der Waals surface area contributed by atoms with Crippen LogP contribution in [0.5, 0.6) is 0 Å². The number of hydrogen-bond acceptors (Lipinski definition) is 5. The van der Waals surface area contributed by atoms with Crippen LogP contribution in [0.4, 0.5) is 0 Å². The van der Waals surface area contributed by atoms with Crippen LogP contribution in [-0.2, 0) is 0 Å². The number of amidine groups is 1. The molecule has 1 aromatic carbocycles. The number of aryl methyl sites for hydroxylation is 1. The fraction of sp³-hybridized carbons (Fsp3) is 0.188. The Hall–Kier alpha value is -1.83. The summed E-state index contributed by atoms with van der Waals surface area (Å²) in [5.41, 5.74) is 1.81. The number of nitrogens with zero attached hydrogens (tertiary/aromatic N) is 3. The van der Waals surface area contributed by atoms with E-state index in [1.807, 2.05) is 41.9 Å². The Kier molecular flexibility index (Phi) is 4.07. The molecule has 3 aromatic rings. The molecule has 8 heteroatoms. The van der Waals surface area contributed by atoms with Gasteiger partial charge in [-0.3, -0.25) is 9.79 Å². The van der Waals surface area contributed by atoms with Crippen molar-refractivity contribution < 1.29 is 4.79 Å². The minimum Gasteiger partial charge on any atom is -0.301 e. The summed E-state index contributed by atoms with van der Waals surface area (Å²) in [6.45, 7) is 2.71. The van der Waals surface area contributed by atoms with Gasteiger partial charge in [0.05, 0.1) is 22.8 Å². The Bertz CT molecular complexity index is 959. The van der Waals surface area contributed by atoms with Crippen molar-refractivity contribution in [3.05, 3.63) is 45.9 Å². The van der Waals surface area contributed by atoms with Crippen molar-refractivity contribution in [2.45, 2.75) is 6.92 Å². The molecule has 1 amide bonds. The van der Waals surface area contributed by atoms with Gasteiger partial charge in [-0.25, -0.2) is 4.68 Å². The minimum atomic E-state index is -0.119. The smallest absolute Gasteiger partial charge is 0.267 e. The number of aliphatic imine (C=N–C) groups is 1. The molecule has 3 heterocycles. The standard InChI is InChI=1S/C16H13ClN4OS2/c1-9-12-8-13(14(22)19-16-18-6-7-23-16)24-15(12)21(20-9)11-4-2-10(17)3-5-11/h2-5,8H,6-7H2,1H3,(H,18,19,22). The van der Waals surface area contributed by atoms with E-state index in [0.29, 0.717) is 15.1 Å². The summed E-state index contributed by atoms with van der Waals surface area (Å²) in [4.78, 5) is 18.3. The molecule has 24 heavy (non-hydrogen) atoms. The highest BCUT2D eigenvalue weighted by Crippen LogP contribution is 2.30. The third kappa shape index (κ3) is 2.83. The number of carbonyl (C=O) groups excluding carboxylic acids is 1. The van der Waals surface area contributed by atoms with Crippen LogP contribution in [0.3, 0.4) is 0 Å². The second-order valence-electron chi connectivity index (χ2n) is 5.29. The SMILES string of the molecule is Cc1nn(-c2ccc(Cl)cc2)c2sc(C(=O)NC3=NCCS3)cc12. The van der Waals surface area contributed by atoms with E-state index in [2.05, 4.69) is 15.4 Å². The predicted molar refractivity (Wildman–Crippen MR) is 101 cm³/mol. The van der Waals surface area contributed by atoms with E-state index in [9.17, 15) is 4.79 Å². The van der Waals surface area contributed by atoms with E-state index in [1.54, 1.807) is 11.8 Å². The maximum atomic E-state index is 12.4. The molecule has 2 aromatic heterocycles. The predicted octanol–water partition coefficient (Wildman–Crippen LogP) is 3.88. The average Bonchev–Trinajstić information content (AvgIpc) is 3.27. The van der Waals surface area contributed by atoms with Crippen molar-refractivity contribution in [1.82, 2.24) is 15.1 Å². The van der Waals surface area contributed by atoms with Crippen LogP contribution >= 0.6 is 34.7 Å². The number of carbonyl (C=O) groups is 1. The zero-order valence-corrected chi connectivity index (χ0v) is 15.1. The highest BCUT2D eigenvalue weighted by Gasteiger charge is 2.19. The topological polar surface area (TPSA) is 59.3 Å². The molecule has 5 nitrogen and oxygen atoms in total. The lowest BCUT2D eigenvalue weighted by molar-refractivity contribution is 0.0982. The number of aromatic nitrogens is 2. The van der Waals surface area contributed by atoms with Gasteiger partial charge in [-0.2, -0.15) is 5.10 Å². The summed E-state index contributed by atoms with van der Waals surface area (Å²) in [5.74, 6) is 0.804. The molecule has 0 saturated heterocycles. The number of hydrogen-bond donors (Lipinski definition) is 1. The molecule has 122 valence electrons. The highest BCUT2D eigenvalue weighted by molar-refractivity contribution is 8.14. The molecular weight excluding hydrogens is 364 g/mol. The molecule has 0 atom stereocenters. The summed E-state index contributed by atoms with van der Waals surface area (Å²) in [6, 6.07) is 9.38. The molecule has 1 N–H and O–H groups in total. The first kappa shape index (κ1) is 15.7. The van der Waals surface area contributed by atoms with Gasteiger partial charge in [0, 0.05) is 16.2 Å². The molecule has 0 saturated carbocycles. The van der Waals surface area contributed by atoms with E-state index in [1.165, 1.54) is 11.3 Å². The normalized spacial score (nSPS) is 14.2. The van der Waals surface area contributed by atoms with Gasteiger partial charge in [0.2, 0.25) is 0 Å². The van der Waals surface area contributed by atoms with Gasteiger partial charge < -0.3 is 5.32 Å². The van der Waals surface area contributed by atoms with Crippen molar-refractivity contribution in [2.75, 3.05) is 12.3 Å². The van der Waals surface area contributed by atoms with Gasteiger partial charge in [0.25, 0.3) is 5.91 Å². The number of nitrogens with one attached hydrogen (secondary N) is 1. The van der Waals surface area contributed by atoms with E-state index < -0.39 is 0 Å². The summed E-state index contributed by atoms with van der Waals surface area (Å²) in [7, 11) is 0. The van der Waals surface area contributed by atoms with Gasteiger partial charge in [0.1, 0.15) is 4.83 Å². The first-order valence-electron chi connectivity index (χ1n) is 7.35. The second kappa shape index (κ2) is 6.23. The Balaban J connectivity index is 1.71. The molecule has 0 unspecified atom stereocenters. The van der Waals surface area contributed by atoms with E-state index in [0.717, 1.165) is 33.9 Å². The number of benzene rings is 1. The number of thiophene rings is 1. The number of rotatable bonds is 2. The molecule has 0 bridgehead atoms. The number of thioether (sulfide) groups is 1. The van der Waals surface area contributed by atoms with Crippen LogP contribution < -0.4 is 5.32 Å². The van der Waals surface area contributed by atoms with E-state index >= 15 is 0 Å². The first-order chi connectivity index (χ1) is 11.6. The third-order valence-electron chi connectivity index (χ3n) is 3.65. The molecule has 0 aliphatic carbocycles. The Morgan fingerprint density at radius 2 is 2.12 bits per heavy atom. The molecule has 1 aliphatic heterocycles. The Labute approximate surface area is 151 Å². The quantitative estimate of drug-likeness (QED) is 0.738. The lowest BCUT2D eigenvalue weighted by atomic mass is 10.3. The van der Waals surface area contributed by atoms with Gasteiger partial charge >= 0.3 is 0 Å². The van der Waals surface area contributed by atoms with E-state index in [-0.39, 0.29) is 5.91 Å². The molecule has 4 rings (SSSR count). The fourth-order valence-corrected chi connectivity index (χ4v) is 4.41. The Morgan fingerprint density at radius 1 is 1.33 bits per heavy atom. The lowest BCUT2D eigenvalue weighted by Gasteiger charge is -2.03. The molecule has 1 aliphatic rings. The Morgan fingerprint density at radius 3 is 2.83 bits per heavy atom. The number of amides is 1. The number of halogens is 1. The van der Waals surface area contributed by atoms with Crippen LogP contribution in [0.2, 0.25) is 5.02 Å². The summed E-state index contributed by atoms with van der Waals surface area (Å²) in [5, 5.41) is 9.82. The fourth-order valence-electron chi connectivity index (χ4n) is 2.49. The van der Waals surface area contributed by atoms with Gasteiger partial charge in [-0.1, -0.05) is 23.4 Å². The van der Waals surface area contributed by atoms with Crippen LogP contribution in [0.15, 0.2) is 35.3 Å². The molecule has 0 radical (unpaired) electrons. The van der Waals surface area contributed by atoms with Crippen LogP contribution in [0.1, 0.15) is 15.4 Å².